The van der Waals surface area contributed by atoms with Crippen molar-refractivity contribution in [2.75, 3.05) is 26.8 Å². The maximum atomic E-state index is 6.11. The molecule has 4 nitrogen and oxygen atoms in total. The van der Waals surface area contributed by atoms with Gasteiger partial charge >= 0.3 is 0 Å². The fraction of sp³-hybridized carbons (Fsp3) is 0.533. The molecule has 0 aliphatic rings. The molecule has 120 valence electrons. The van der Waals surface area contributed by atoms with Crippen molar-refractivity contribution < 1.29 is 4.74 Å². The van der Waals surface area contributed by atoms with Gasteiger partial charge in [-0.3, -0.25) is 4.99 Å². The van der Waals surface area contributed by atoms with Crippen LogP contribution in [0.5, 0.6) is 0 Å². The third-order valence-corrected chi connectivity index (χ3v) is 3.18. The maximum absolute atomic E-state index is 6.11. The first-order chi connectivity index (χ1) is 9.77. The SMILES string of the molecule is CCCCOCCNC(=NC)NCc1ccccc1Cl.I. The normalized spacial score (nSPS) is 10.9. The fourth-order valence-corrected chi connectivity index (χ4v) is 1.83. The summed E-state index contributed by atoms with van der Waals surface area (Å²) >= 11 is 6.11. The van der Waals surface area contributed by atoms with E-state index in [4.69, 9.17) is 16.3 Å². The molecule has 0 spiro atoms. The largest absolute Gasteiger partial charge is 0.380 e. The number of unbranched alkanes of at least 4 members (excludes halogenated alkanes) is 1. The monoisotopic (exact) mass is 425 g/mol. The minimum atomic E-state index is 0. The van der Waals surface area contributed by atoms with Crippen molar-refractivity contribution >= 4 is 41.5 Å². The molecule has 0 aliphatic carbocycles. The zero-order valence-electron chi connectivity index (χ0n) is 12.7. The van der Waals surface area contributed by atoms with Gasteiger partial charge in [0.15, 0.2) is 5.96 Å². The van der Waals surface area contributed by atoms with Gasteiger partial charge in [-0.2, -0.15) is 0 Å². The highest BCUT2D eigenvalue weighted by Crippen LogP contribution is 2.13. The zero-order valence-corrected chi connectivity index (χ0v) is 15.8. The van der Waals surface area contributed by atoms with E-state index in [0.717, 1.165) is 42.5 Å². The summed E-state index contributed by atoms with van der Waals surface area (Å²) < 4.78 is 5.48. The second-order valence-corrected chi connectivity index (χ2v) is 4.82. The Labute approximate surface area is 149 Å². The molecule has 0 heterocycles. The van der Waals surface area contributed by atoms with Crippen LogP contribution in [0.3, 0.4) is 0 Å². The van der Waals surface area contributed by atoms with Crippen LogP contribution in [-0.4, -0.2) is 32.8 Å². The van der Waals surface area contributed by atoms with E-state index in [2.05, 4.69) is 22.5 Å². The average molecular weight is 426 g/mol. The van der Waals surface area contributed by atoms with Crippen LogP contribution in [0.15, 0.2) is 29.3 Å². The van der Waals surface area contributed by atoms with E-state index in [1.165, 1.54) is 0 Å². The summed E-state index contributed by atoms with van der Waals surface area (Å²) in [5, 5.41) is 7.20. The summed E-state index contributed by atoms with van der Waals surface area (Å²) in [6.07, 6.45) is 2.27. The quantitative estimate of drug-likeness (QED) is 0.290. The van der Waals surface area contributed by atoms with Crippen molar-refractivity contribution in [3.05, 3.63) is 34.9 Å². The van der Waals surface area contributed by atoms with Crippen molar-refractivity contribution in [3.63, 3.8) is 0 Å². The Morgan fingerprint density at radius 1 is 1.24 bits per heavy atom. The van der Waals surface area contributed by atoms with Gasteiger partial charge in [0.25, 0.3) is 0 Å². The highest BCUT2D eigenvalue weighted by atomic mass is 127. The van der Waals surface area contributed by atoms with Crippen LogP contribution in [0.2, 0.25) is 5.02 Å². The average Bonchev–Trinajstić information content (AvgIpc) is 2.47. The van der Waals surface area contributed by atoms with Gasteiger partial charge in [-0.05, 0) is 18.1 Å². The maximum Gasteiger partial charge on any atom is 0.191 e. The van der Waals surface area contributed by atoms with Crippen molar-refractivity contribution in [3.8, 4) is 0 Å². The molecule has 0 radical (unpaired) electrons. The van der Waals surface area contributed by atoms with Gasteiger partial charge < -0.3 is 15.4 Å². The van der Waals surface area contributed by atoms with Crippen LogP contribution in [0.1, 0.15) is 25.3 Å². The molecule has 0 aromatic heterocycles. The van der Waals surface area contributed by atoms with Crippen molar-refractivity contribution in [2.45, 2.75) is 26.3 Å². The van der Waals surface area contributed by atoms with E-state index in [1.54, 1.807) is 7.05 Å². The molecule has 1 rings (SSSR count). The van der Waals surface area contributed by atoms with Crippen LogP contribution in [0.4, 0.5) is 0 Å². The summed E-state index contributed by atoms with van der Waals surface area (Å²) in [5.41, 5.74) is 1.05. The summed E-state index contributed by atoms with van der Waals surface area (Å²) in [6, 6.07) is 7.78. The summed E-state index contributed by atoms with van der Waals surface area (Å²) in [6.45, 7) is 5.06. The lowest BCUT2D eigenvalue weighted by Crippen LogP contribution is -2.38. The Bertz CT molecular complexity index is 416. The molecule has 2 N–H and O–H groups in total. The third-order valence-electron chi connectivity index (χ3n) is 2.81. The molecule has 21 heavy (non-hydrogen) atoms. The van der Waals surface area contributed by atoms with Gasteiger partial charge in [0.1, 0.15) is 0 Å². The number of hydrogen-bond donors (Lipinski definition) is 2. The lowest BCUT2D eigenvalue weighted by molar-refractivity contribution is 0.136. The van der Waals surface area contributed by atoms with E-state index in [0.29, 0.717) is 13.2 Å². The first kappa shape index (κ1) is 20.5. The first-order valence-corrected chi connectivity index (χ1v) is 7.41. The number of aliphatic imine (C=N–C) groups is 1. The molecule has 6 heteroatoms. The molecule has 0 bridgehead atoms. The number of nitrogens with one attached hydrogen (secondary N) is 2. The van der Waals surface area contributed by atoms with Gasteiger partial charge in [-0.1, -0.05) is 43.1 Å². The van der Waals surface area contributed by atoms with Gasteiger partial charge in [0.05, 0.1) is 6.61 Å². The minimum Gasteiger partial charge on any atom is -0.380 e. The number of ether oxygens (including phenoxy) is 1. The number of guanidine groups is 1. The van der Waals surface area contributed by atoms with E-state index in [1.807, 2.05) is 24.3 Å². The molecular formula is C15H25ClIN3O. The minimum absolute atomic E-state index is 0. The second-order valence-electron chi connectivity index (χ2n) is 4.41. The Morgan fingerprint density at radius 3 is 2.67 bits per heavy atom. The lowest BCUT2D eigenvalue weighted by atomic mass is 10.2. The van der Waals surface area contributed by atoms with Crippen LogP contribution in [0, 0.1) is 0 Å². The number of halogens is 2. The fourth-order valence-electron chi connectivity index (χ4n) is 1.63. The standard InChI is InChI=1S/C15H24ClN3O.HI/c1-3-4-10-20-11-9-18-15(17-2)19-12-13-7-5-6-8-14(13)16;/h5-8H,3-4,9-12H2,1-2H3,(H2,17,18,19);1H. The zero-order chi connectivity index (χ0) is 14.6. The van der Waals surface area contributed by atoms with Gasteiger partial charge in [-0.25, -0.2) is 0 Å². The summed E-state index contributed by atoms with van der Waals surface area (Å²) in [5.74, 6) is 0.754. The van der Waals surface area contributed by atoms with E-state index in [9.17, 15) is 0 Å². The van der Waals surface area contributed by atoms with Crippen molar-refractivity contribution in [1.82, 2.24) is 10.6 Å². The molecule has 1 aromatic rings. The van der Waals surface area contributed by atoms with Gasteiger partial charge in [0.2, 0.25) is 0 Å². The third kappa shape index (κ3) is 9.16. The number of rotatable bonds is 8. The van der Waals surface area contributed by atoms with Crippen molar-refractivity contribution in [2.24, 2.45) is 4.99 Å². The molecule has 0 fully saturated rings. The Kier molecular flexibility index (Phi) is 12.8. The highest BCUT2D eigenvalue weighted by Gasteiger charge is 2.01. The van der Waals surface area contributed by atoms with Crippen LogP contribution in [0.25, 0.3) is 0 Å². The van der Waals surface area contributed by atoms with E-state index < -0.39 is 0 Å². The number of nitrogens with zero attached hydrogens (tertiary/aromatic N) is 1. The molecule has 0 aliphatic heterocycles. The number of hydrogen-bond acceptors (Lipinski definition) is 2. The molecule has 0 saturated carbocycles. The van der Waals surface area contributed by atoms with Crippen LogP contribution < -0.4 is 10.6 Å². The van der Waals surface area contributed by atoms with E-state index >= 15 is 0 Å². The molecule has 1 aromatic carbocycles. The van der Waals surface area contributed by atoms with Gasteiger partial charge in [-0.15, -0.1) is 24.0 Å². The lowest BCUT2D eigenvalue weighted by Gasteiger charge is -2.12. The predicted molar refractivity (Wildman–Crippen MR) is 101 cm³/mol. The molecule has 0 saturated heterocycles. The van der Waals surface area contributed by atoms with Crippen LogP contribution >= 0.6 is 35.6 Å². The van der Waals surface area contributed by atoms with Crippen LogP contribution in [-0.2, 0) is 11.3 Å². The summed E-state index contributed by atoms with van der Waals surface area (Å²) in [4.78, 5) is 4.16. The van der Waals surface area contributed by atoms with Gasteiger partial charge in [0, 0.05) is 31.8 Å². The molecule has 0 unspecified atom stereocenters. The molecule has 0 amide bonds. The Morgan fingerprint density at radius 2 is 2.00 bits per heavy atom. The smallest absolute Gasteiger partial charge is 0.191 e. The Balaban J connectivity index is 0.00000400. The highest BCUT2D eigenvalue weighted by molar-refractivity contribution is 14.0. The van der Waals surface area contributed by atoms with E-state index in [-0.39, 0.29) is 24.0 Å². The second kappa shape index (κ2) is 13.2. The molecular weight excluding hydrogens is 401 g/mol. The number of benzene rings is 1. The molecule has 0 atom stereocenters. The predicted octanol–water partition coefficient (Wildman–Crippen LogP) is 3.44. The first-order valence-electron chi connectivity index (χ1n) is 7.03. The van der Waals surface area contributed by atoms with Crippen molar-refractivity contribution in [1.29, 1.82) is 0 Å². The topological polar surface area (TPSA) is 45.6 Å². The summed E-state index contributed by atoms with van der Waals surface area (Å²) in [7, 11) is 1.75. The Hall–Kier alpha value is -0.530.